The van der Waals surface area contributed by atoms with Gasteiger partial charge in [-0.1, -0.05) is 27.7 Å². The summed E-state index contributed by atoms with van der Waals surface area (Å²) < 4.78 is 23.1. The number of rotatable bonds is 8. The number of alkyl halides is 1. The zero-order chi connectivity index (χ0) is 13.5. The van der Waals surface area contributed by atoms with E-state index in [1.54, 1.807) is 0 Å². The summed E-state index contributed by atoms with van der Waals surface area (Å²) in [7, 11) is -2.88. The first-order valence-corrected chi connectivity index (χ1v) is 8.58. The fourth-order valence-electron chi connectivity index (χ4n) is 1.75. The fraction of sp³-hybridized carbons (Fsp3) is 1.00. The van der Waals surface area contributed by atoms with Crippen LogP contribution < -0.4 is 5.32 Å². The highest BCUT2D eigenvalue weighted by Crippen LogP contribution is 2.22. The average Bonchev–Trinajstić information content (AvgIpc) is 2.14. The Morgan fingerprint density at radius 2 is 1.82 bits per heavy atom. The van der Waals surface area contributed by atoms with E-state index < -0.39 is 9.84 Å². The zero-order valence-electron chi connectivity index (χ0n) is 11.4. The Morgan fingerprint density at radius 3 is 2.24 bits per heavy atom. The molecule has 1 N–H and O–H groups in total. The second-order valence-electron chi connectivity index (χ2n) is 5.50. The molecule has 17 heavy (non-hydrogen) atoms. The average molecular weight is 284 g/mol. The minimum atomic E-state index is -2.88. The van der Waals surface area contributed by atoms with Crippen molar-refractivity contribution in [2.24, 2.45) is 5.41 Å². The molecule has 0 radical (unpaired) electrons. The molecule has 0 aromatic carbocycles. The van der Waals surface area contributed by atoms with E-state index in [-0.39, 0.29) is 23.0 Å². The first-order chi connectivity index (χ1) is 7.73. The van der Waals surface area contributed by atoms with Gasteiger partial charge in [-0.05, 0) is 18.3 Å². The lowest BCUT2D eigenvalue weighted by Gasteiger charge is -2.31. The van der Waals surface area contributed by atoms with Crippen LogP contribution in [0.5, 0.6) is 0 Å². The fourth-order valence-corrected chi connectivity index (χ4v) is 3.23. The van der Waals surface area contributed by atoms with Gasteiger partial charge in [0, 0.05) is 24.2 Å². The molecule has 0 aromatic heterocycles. The largest absolute Gasteiger partial charge is 0.312 e. The minimum absolute atomic E-state index is 0.101. The van der Waals surface area contributed by atoms with Crippen LogP contribution in [0, 0.1) is 5.41 Å². The summed E-state index contributed by atoms with van der Waals surface area (Å²) in [6, 6.07) is 0.261. The van der Waals surface area contributed by atoms with Crippen LogP contribution in [0.15, 0.2) is 0 Å². The number of sulfone groups is 1. The molecular formula is C12H26ClNO2S. The molecule has 0 rings (SSSR count). The van der Waals surface area contributed by atoms with Crippen LogP contribution in [0.4, 0.5) is 0 Å². The first-order valence-electron chi connectivity index (χ1n) is 6.22. The third kappa shape index (κ3) is 8.01. The van der Waals surface area contributed by atoms with E-state index in [0.29, 0.717) is 18.8 Å². The van der Waals surface area contributed by atoms with Gasteiger partial charge >= 0.3 is 0 Å². The monoisotopic (exact) mass is 283 g/mol. The summed E-state index contributed by atoms with van der Waals surface area (Å²) in [6.07, 6.45) is 1.55. The molecule has 0 fully saturated rings. The summed E-state index contributed by atoms with van der Waals surface area (Å²) >= 11 is 5.76. The van der Waals surface area contributed by atoms with Gasteiger partial charge in [-0.15, -0.1) is 11.6 Å². The quantitative estimate of drug-likeness (QED) is 0.696. The molecule has 5 heteroatoms. The zero-order valence-corrected chi connectivity index (χ0v) is 13.0. The summed E-state index contributed by atoms with van der Waals surface area (Å²) in [5.41, 5.74) is 0.101. The van der Waals surface area contributed by atoms with Gasteiger partial charge in [-0.25, -0.2) is 8.42 Å². The predicted molar refractivity (Wildman–Crippen MR) is 75.5 cm³/mol. The topological polar surface area (TPSA) is 46.2 Å². The van der Waals surface area contributed by atoms with E-state index in [1.165, 1.54) is 0 Å². The Kier molecular flexibility index (Phi) is 7.68. The van der Waals surface area contributed by atoms with Gasteiger partial charge in [0.15, 0.2) is 9.84 Å². The lowest BCUT2D eigenvalue weighted by atomic mass is 9.85. The molecule has 0 aliphatic rings. The van der Waals surface area contributed by atoms with Crippen molar-refractivity contribution in [3.8, 4) is 0 Å². The third-order valence-electron chi connectivity index (χ3n) is 2.76. The van der Waals surface area contributed by atoms with Gasteiger partial charge in [-0.3, -0.25) is 0 Å². The molecule has 1 unspecified atom stereocenters. The van der Waals surface area contributed by atoms with Gasteiger partial charge in [0.1, 0.15) is 0 Å². The van der Waals surface area contributed by atoms with E-state index in [9.17, 15) is 8.42 Å². The normalized spacial score (nSPS) is 14.9. The maximum Gasteiger partial charge on any atom is 0.151 e. The smallest absolute Gasteiger partial charge is 0.151 e. The van der Waals surface area contributed by atoms with Crippen LogP contribution in [0.3, 0.4) is 0 Å². The number of halogens is 1. The Labute approximate surface area is 111 Å². The van der Waals surface area contributed by atoms with Crippen molar-refractivity contribution in [1.82, 2.24) is 5.32 Å². The van der Waals surface area contributed by atoms with Crippen LogP contribution in [-0.2, 0) is 9.84 Å². The molecule has 1 atom stereocenters. The van der Waals surface area contributed by atoms with Crippen molar-refractivity contribution < 1.29 is 8.42 Å². The van der Waals surface area contributed by atoms with E-state index in [1.807, 2.05) is 6.92 Å². The number of hydrogen-bond donors (Lipinski definition) is 1. The Bertz CT molecular complexity index is 296. The highest BCUT2D eigenvalue weighted by Gasteiger charge is 2.23. The lowest BCUT2D eigenvalue weighted by molar-refractivity contribution is 0.266. The van der Waals surface area contributed by atoms with Gasteiger partial charge in [-0.2, -0.15) is 0 Å². The van der Waals surface area contributed by atoms with E-state index in [4.69, 9.17) is 11.6 Å². The van der Waals surface area contributed by atoms with Gasteiger partial charge in [0.2, 0.25) is 0 Å². The Balaban J connectivity index is 4.16. The maximum absolute atomic E-state index is 11.6. The molecule has 104 valence electrons. The summed E-state index contributed by atoms with van der Waals surface area (Å²) in [6.45, 7) is 8.81. The molecule has 3 nitrogen and oxygen atoms in total. The second kappa shape index (κ2) is 7.59. The molecule has 0 heterocycles. The molecule has 0 aliphatic heterocycles. The SMILES string of the molecule is CCCS(=O)(=O)CCNC(CCCl)C(C)(C)C. The maximum atomic E-state index is 11.6. The van der Waals surface area contributed by atoms with Crippen LogP contribution >= 0.6 is 11.6 Å². The lowest BCUT2D eigenvalue weighted by Crippen LogP contribution is -2.42. The molecule has 0 aromatic rings. The minimum Gasteiger partial charge on any atom is -0.312 e. The molecule has 0 spiro atoms. The molecule has 0 aliphatic carbocycles. The predicted octanol–water partition coefficient (Wildman–Crippen LogP) is 2.44. The molecule has 0 saturated heterocycles. The van der Waals surface area contributed by atoms with Crippen LogP contribution in [0.2, 0.25) is 0 Å². The van der Waals surface area contributed by atoms with Crippen molar-refractivity contribution in [2.45, 2.75) is 46.6 Å². The van der Waals surface area contributed by atoms with Crippen molar-refractivity contribution >= 4 is 21.4 Å². The summed E-state index contributed by atoms with van der Waals surface area (Å²) in [5.74, 6) is 1.09. The molecular weight excluding hydrogens is 258 g/mol. The van der Waals surface area contributed by atoms with E-state index in [0.717, 1.165) is 6.42 Å². The van der Waals surface area contributed by atoms with Crippen LogP contribution in [-0.4, -0.2) is 38.4 Å². The number of nitrogens with one attached hydrogen (secondary N) is 1. The third-order valence-corrected chi connectivity index (χ3v) is 4.84. The van der Waals surface area contributed by atoms with Gasteiger partial charge in [0.25, 0.3) is 0 Å². The molecule has 0 saturated carbocycles. The van der Waals surface area contributed by atoms with Crippen LogP contribution in [0.1, 0.15) is 40.5 Å². The van der Waals surface area contributed by atoms with Crippen molar-refractivity contribution in [3.63, 3.8) is 0 Å². The van der Waals surface area contributed by atoms with E-state index in [2.05, 4.69) is 26.1 Å². The van der Waals surface area contributed by atoms with Crippen LogP contribution in [0.25, 0.3) is 0 Å². The molecule has 0 bridgehead atoms. The first kappa shape index (κ1) is 17.2. The number of hydrogen-bond acceptors (Lipinski definition) is 3. The standard InChI is InChI=1S/C12H26ClNO2S/c1-5-9-17(15,16)10-8-14-11(6-7-13)12(2,3)4/h11,14H,5-10H2,1-4H3. The van der Waals surface area contributed by atoms with E-state index >= 15 is 0 Å². The van der Waals surface area contributed by atoms with Crippen molar-refractivity contribution in [3.05, 3.63) is 0 Å². The van der Waals surface area contributed by atoms with Crippen molar-refractivity contribution in [1.29, 1.82) is 0 Å². The van der Waals surface area contributed by atoms with Crippen molar-refractivity contribution in [2.75, 3.05) is 23.9 Å². The Morgan fingerprint density at radius 1 is 1.24 bits per heavy atom. The van der Waals surface area contributed by atoms with Gasteiger partial charge < -0.3 is 5.32 Å². The Hall–Kier alpha value is 0.200. The van der Waals surface area contributed by atoms with Gasteiger partial charge in [0.05, 0.1) is 5.75 Å². The summed E-state index contributed by atoms with van der Waals surface area (Å²) in [5, 5.41) is 3.31. The molecule has 0 amide bonds. The highest BCUT2D eigenvalue weighted by atomic mass is 35.5. The summed E-state index contributed by atoms with van der Waals surface area (Å²) in [4.78, 5) is 0. The highest BCUT2D eigenvalue weighted by molar-refractivity contribution is 7.91. The second-order valence-corrected chi connectivity index (χ2v) is 8.18.